The number of amides is 1. The van der Waals surface area contributed by atoms with Gasteiger partial charge in [0.25, 0.3) is 0 Å². The van der Waals surface area contributed by atoms with E-state index in [1.807, 2.05) is 0 Å². The van der Waals surface area contributed by atoms with Crippen molar-refractivity contribution in [3.05, 3.63) is 12.3 Å². The van der Waals surface area contributed by atoms with E-state index in [1.165, 1.54) is 17.7 Å². The van der Waals surface area contributed by atoms with Gasteiger partial charge in [-0.05, 0) is 18.9 Å². The molecule has 0 bridgehead atoms. The molecule has 0 atom stereocenters. The second-order valence-corrected chi connectivity index (χ2v) is 3.92. The van der Waals surface area contributed by atoms with E-state index < -0.39 is 0 Å². The number of rotatable bonds is 3. The molecular weight excluding hydrogens is 208 g/mol. The molecule has 1 aliphatic carbocycles. The Hall–Kier alpha value is -1.85. The van der Waals surface area contributed by atoms with Crippen LogP contribution >= 0.6 is 0 Å². The number of carbonyl (C=O) groups excluding carboxylic acids is 1. The van der Waals surface area contributed by atoms with Gasteiger partial charge in [0.05, 0.1) is 6.54 Å². The minimum absolute atomic E-state index is 0.337. The Kier molecular flexibility index (Phi) is 2.12. The lowest BCUT2D eigenvalue weighted by atomic mass is 10.5. The highest BCUT2D eigenvalue weighted by Gasteiger charge is 2.26. The molecule has 3 rings (SSSR count). The number of aromatic nitrogens is 2. The topological polar surface area (TPSA) is 67.3 Å². The number of nitrogens with zero attached hydrogens (tertiary/aromatic N) is 3. The summed E-state index contributed by atoms with van der Waals surface area (Å²) in [5, 5.41) is 3.19. The van der Waals surface area contributed by atoms with Gasteiger partial charge in [-0.3, -0.25) is 4.90 Å². The monoisotopic (exact) mass is 220 g/mol. The van der Waals surface area contributed by atoms with Crippen LogP contribution in [-0.2, 0) is 4.74 Å². The molecule has 0 unspecified atom stereocenters. The Morgan fingerprint density at radius 1 is 1.50 bits per heavy atom. The van der Waals surface area contributed by atoms with Crippen molar-refractivity contribution in [1.29, 1.82) is 0 Å². The zero-order chi connectivity index (χ0) is 11.0. The van der Waals surface area contributed by atoms with E-state index in [0.717, 1.165) is 0 Å². The third kappa shape index (κ3) is 1.78. The lowest BCUT2D eigenvalue weighted by Gasteiger charge is -2.12. The average molecular weight is 220 g/mol. The maximum Gasteiger partial charge on any atom is 0.415 e. The summed E-state index contributed by atoms with van der Waals surface area (Å²) in [6.07, 6.45) is 3.65. The summed E-state index contributed by atoms with van der Waals surface area (Å²) < 4.78 is 4.86. The molecule has 0 aromatic carbocycles. The Morgan fingerprint density at radius 2 is 2.38 bits per heavy atom. The second kappa shape index (κ2) is 3.62. The normalized spacial score (nSPS) is 19.8. The second-order valence-electron chi connectivity index (χ2n) is 3.92. The molecule has 16 heavy (non-hydrogen) atoms. The molecule has 1 saturated heterocycles. The SMILES string of the molecule is O=C1OCCN1c1ccnc(NC2CC2)n1. The first-order valence-electron chi connectivity index (χ1n) is 5.37. The van der Waals surface area contributed by atoms with Gasteiger partial charge < -0.3 is 10.1 Å². The van der Waals surface area contributed by atoms with Crippen LogP contribution < -0.4 is 10.2 Å². The number of hydrogen-bond acceptors (Lipinski definition) is 5. The Balaban J connectivity index is 1.80. The van der Waals surface area contributed by atoms with Crippen molar-refractivity contribution in [3.8, 4) is 0 Å². The van der Waals surface area contributed by atoms with Gasteiger partial charge in [0.1, 0.15) is 12.4 Å². The zero-order valence-corrected chi connectivity index (χ0v) is 8.72. The van der Waals surface area contributed by atoms with Gasteiger partial charge in [-0.1, -0.05) is 0 Å². The number of nitrogens with one attached hydrogen (secondary N) is 1. The standard InChI is InChI=1S/C10H12N4O2/c15-10-14(5-6-16-10)8-3-4-11-9(13-8)12-7-1-2-7/h3-4,7H,1-2,5-6H2,(H,11,12,13). The van der Waals surface area contributed by atoms with E-state index in [2.05, 4.69) is 15.3 Å². The molecular formula is C10H12N4O2. The highest BCUT2D eigenvalue weighted by atomic mass is 16.6. The fourth-order valence-electron chi connectivity index (χ4n) is 1.58. The van der Waals surface area contributed by atoms with Gasteiger partial charge in [0.15, 0.2) is 0 Å². The summed E-state index contributed by atoms with van der Waals surface area (Å²) in [6.45, 7) is 0.979. The van der Waals surface area contributed by atoms with E-state index in [4.69, 9.17) is 4.74 Å². The molecule has 0 spiro atoms. The van der Waals surface area contributed by atoms with E-state index in [0.29, 0.717) is 31.0 Å². The van der Waals surface area contributed by atoms with E-state index in [9.17, 15) is 4.79 Å². The van der Waals surface area contributed by atoms with Crippen LogP contribution in [0.1, 0.15) is 12.8 Å². The molecule has 6 nitrogen and oxygen atoms in total. The maximum absolute atomic E-state index is 11.3. The van der Waals surface area contributed by atoms with E-state index in [-0.39, 0.29) is 6.09 Å². The first-order chi connectivity index (χ1) is 7.83. The molecule has 1 N–H and O–H groups in total. The van der Waals surface area contributed by atoms with Crippen molar-refractivity contribution in [2.45, 2.75) is 18.9 Å². The average Bonchev–Trinajstić information content (AvgIpc) is 2.99. The highest BCUT2D eigenvalue weighted by molar-refractivity contribution is 5.88. The van der Waals surface area contributed by atoms with Crippen LogP contribution in [0.2, 0.25) is 0 Å². The van der Waals surface area contributed by atoms with E-state index in [1.54, 1.807) is 12.3 Å². The first kappa shape index (κ1) is 9.38. The molecule has 1 aliphatic heterocycles. The van der Waals surface area contributed by atoms with E-state index >= 15 is 0 Å². The Labute approximate surface area is 92.6 Å². The number of ether oxygens (including phenoxy) is 1. The molecule has 84 valence electrons. The predicted molar refractivity (Wildman–Crippen MR) is 57.4 cm³/mol. The summed E-state index contributed by atoms with van der Waals surface area (Å²) in [6, 6.07) is 2.21. The fourth-order valence-corrected chi connectivity index (χ4v) is 1.58. The molecule has 6 heteroatoms. The van der Waals surface area contributed by atoms with Gasteiger partial charge >= 0.3 is 6.09 Å². The molecule has 2 heterocycles. The molecule has 1 saturated carbocycles. The van der Waals surface area contributed by atoms with Crippen LogP contribution in [0, 0.1) is 0 Å². The maximum atomic E-state index is 11.3. The molecule has 1 aromatic heterocycles. The third-order valence-corrected chi connectivity index (χ3v) is 2.59. The van der Waals surface area contributed by atoms with Crippen molar-refractivity contribution in [1.82, 2.24) is 9.97 Å². The summed E-state index contributed by atoms with van der Waals surface area (Å²) >= 11 is 0. The zero-order valence-electron chi connectivity index (χ0n) is 8.72. The summed E-state index contributed by atoms with van der Waals surface area (Å²) in [7, 11) is 0. The van der Waals surface area contributed by atoms with Crippen molar-refractivity contribution < 1.29 is 9.53 Å². The van der Waals surface area contributed by atoms with Gasteiger partial charge in [0.2, 0.25) is 5.95 Å². The minimum atomic E-state index is -0.337. The summed E-state index contributed by atoms with van der Waals surface area (Å²) in [5.74, 6) is 1.18. The summed E-state index contributed by atoms with van der Waals surface area (Å²) in [4.78, 5) is 21.3. The number of carbonyl (C=O) groups is 1. The van der Waals surface area contributed by atoms with Crippen molar-refractivity contribution >= 4 is 17.9 Å². The molecule has 0 radical (unpaired) electrons. The molecule has 2 aliphatic rings. The fraction of sp³-hybridized carbons (Fsp3) is 0.500. The first-order valence-corrected chi connectivity index (χ1v) is 5.37. The van der Waals surface area contributed by atoms with Gasteiger partial charge in [0, 0.05) is 12.2 Å². The Morgan fingerprint density at radius 3 is 3.06 bits per heavy atom. The summed E-state index contributed by atoms with van der Waals surface area (Å²) in [5.41, 5.74) is 0. The van der Waals surface area contributed by atoms with Crippen LogP contribution in [0.15, 0.2) is 12.3 Å². The lowest BCUT2D eigenvalue weighted by molar-refractivity contribution is 0.181. The lowest BCUT2D eigenvalue weighted by Crippen LogP contribution is -2.24. The molecule has 1 aromatic rings. The third-order valence-electron chi connectivity index (χ3n) is 2.59. The van der Waals surface area contributed by atoms with Crippen LogP contribution in [-0.4, -0.2) is 35.3 Å². The van der Waals surface area contributed by atoms with Crippen LogP contribution in [0.3, 0.4) is 0 Å². The largest absolute Gasteiger partial charge is 0.447 e. The molecule has 1 amide bonds. The molecule has 2 fully saturated rings. The van der Waals surface area contributed by atoms with Crippen LogP contribution in [0.4, 0.5) is 16.6 Å². The number of anilines is 2. The quantitative estimate of drug-likeness (QED) is 0.823. The van der Waals surface area contributed by atoms with Gasteiger partial charge in [-0.2, -0.15) is 4.98 Å². The number of hydrogen-bond donors (Lipinski definition) is 1. The Bertz CT molecular complexity index is 419. The van der Waals surface area contributed by atoms with Crippen LogP contribution in [0.5, 0.6) is 0 Å². The predicted octanol–water partition coefficient (Wildman–Crippen LogP) is 1.01. The minimum Gasteiger partial charge on any atom is -0.447 e. The smallest absolute Gasteiger partial charge is 0.415 e. The van der Waals surface area contributed by atoms with Crippen molar-refractivity contribution in [2.24, 2.45) is 0 Å². The van der Waals surface area contributed by atoms with Crippen molar-refractivity contribution in [3.63, 3.8) is 0 Å². The number of cyclic esters (lactones) is 1. The highest BCUT2D eigenvalue weighted by Crippen LogP contribution is 2.24. The van der Waals surface area contributed by atoms with Gasteiger partial charge in [-0.15, -0.1) is 0 Å². The van der Waals surface area contributed by atoms with Crippen LogP contribution in [0.25, 0.3) is 0 Å². The van der Waals surface area contributed by atoms with Crippen molar-refractivity contribution in [2.75, 3.05) is 23.4 Å². The van der Waals surface area contributed by atoms with Gasteiger partial charge in [-0.25, -0.2) is 9.78 Å².